The van der Waals surface area contributed by atoms with Crippen LogP contribution in [0.15, 0.2) is 59.5 Å². The van der Waals surface area contributed by atoms with E-state index in [-0.39, 0.29) is 29.8 Å². The van der Waals surface area contributed by atoms with E-state index in [9.17, 15) is 18.0 Å². The van der Waals surface area contributed by atoms with Crippen molar-refractivity contribution in [3.05, 3.63) is 76.9 Å². The van der Waals surface area contributed by atoms with Gasteiger partial charge < -0.3 is 4.74 Å². The van der Waals surface area contributed by atoms with Crippen molar-refractivity contribution in [3.63, 3.8) is 0 Å². The Balaban J connectivity index is 1.40. The van der Waals surface area contributed by atoms with Crippen LogP contribution in [-0.4, -0.2) is 43.4 Å². The molecule has 4 atom stereocenters. The zero-order valence-corrected chi connectivity index (χ0v) is 19.6. The maximum absolute atomic E-state index is 13.4. The molecule has 172 valence electrons. The van der Waals surface area contributed by atoms with Crippen LogP contribution in [0, 0.1) is 32.6 Å². The number of benzene rings is 2. The first-order chi connectivity index (χ1) is 15.6. The third kappa shape index (κ3) is 3.44. The van der Waals surface area contributed by atoms with Gasteiger partial charge in [-0.15, -0.1) is 0 Å². The Labute approximate surface area is 193 Å². The minimum Gasteiger partial charge on any atom is -0.361 e. The Morgan fingerprint density at radius 2 is 1.70 bits per heavy atom. The number of likely N-dealkylation sites (tertiary alicyclic amines) is 1. The Morgan fingerprint density at radius 1 is 1.03 bits per heavy atom. The second-order valence-corrected chi connectivity index (χ2v) is 10.9. The van der Waals surface area contributed by atoms with Crippen molar-refractivity contribution >= 4 is 21.8 Å². The monoisotopic (exact) mass is 466 g/mol. The summed E-state index contributed by atoms with van der Waals surface area (Å²) < 4.78 is 35.1. The molecule has 5 rings (SSSR count). The summed E-state index contributed by atoms with van der Waals surface area (Å²) in [5.74, 6) is -1.95. The van der Waals surface area contributed by atoms with Crippen molar-refractivity contribution in [2.45, 2.75) is 43.9 Å². The van der Waals surface area contributed by atoms with Crippen LogP contribution in [0.3, 0.4) is 0 Å². The third-order valence-corrected chi connectivity index (χ3v) is 8.55. The number of imide groups is 1. The molecule has 3 aliphatic heterocycles. The van der Waals surface area contributed by atoms with Crippen molar-refractivity contribution in [3.8, 4) is 0 Å². The van der Waals surface area contributed by atoms with Gasteiger partial charge in [0.15, 0.2) is 0 Å². The fraction of sp³-hybridized carbons (Fsp3) is 0.360. The molecule has 2 fully saturated rings. The number of hydrogen-bond donors (Lipinski definition) is 1. The molecule has 7 nitrogen and oxygen atoms in total. The van der Waals surface area contributed by atoms with E-state index < -0.39 is 33.6 Å². The Kier molecular flexibility index (Phi) is 5.08. The maximum atomic E-state index is 13.4. The first kappa shape index (κ1) is 22.0. The number of carbonyl (C=O) groups is 2. The fourth-order valence-electron chi connectivity index (χ4n) is 5.56. The van der Waals surface area contributed by atoms with Crippen LogP contribution < -0.4 is 4.72 Å². The van der Waals surface area contributed by atoms with Crippen molar-refractivity contribution in [1.82, 2.24) is 9.62 Å². The van der Waals surface area contributed by atoms with E-state index in [1.165, 1.54) is 4.90 Å². The molecule has 2 amide bonds. The summed E-state index contributed by atoms with van der Waals surface area (Å²) >= 11 is 0. The van der Waals surface area contributed by atoms with Gasteiger partial charge in [0.25, 0.3) is 0 Å². The van der Waals surface area contributed by atoms with Crippen LogP contribution in [0.4, 0.5) is 0 Å². The van der Waals surface area contributed by atoms with E-state index in [0.717, 1.165) is 11.1 Å². The quantitative estimate of drug-likeness (QED) is 0.521. The minimum absolute atomic E-state index is 0.117. The van der Waals surface area contributed by atoms with Crippen molar-refractivity contribution in [1.29, 1.82) is 0 Å². The molecule has 0 unspecified atom stereocenters. The molecule has 0 aromatic heterocycles. The highest BCUT2D eigenvalue weighted by Gasteiger charge is 2.67. The molecule has 8 heteroatoms. The number of nitrogens with zero attached hydrogens (tertiary/aromatic N) is 1. The highest BCUT2D eigenvalue weighted by Crippen LogP contribution is 2.51. The number of fused-ring (bicyclic) bond motifs is 5. The summed E-state index contributed by atoms with van der Waals surface area (Å²) in [7, 11) is -3.85. The number of sulfonamides is 1. The van der Waals surface area contributed by atoms with Crippen LogP contribution >= 0.6 is 0 Å². The third-order valence-electron chi connectivity index (χ3n) is 6.84. The van der Waals surface area contributed by atoms with Crippen LogP contribution in [0.5, 0.6) is 0 Å². The number of aryl methyl sites for hydroxylation is 3. The first-order valence-corrected chi connectivity index (χ1v) is 12.5. The van der Waals surface area contributed by atoms with E-state index in [1.807, 2.05) is 49.4 Å². The molecular formula is C25H26N2O5S. The van der Waals surface area contributed by atoms with Gasteiger partial charge in [-0.1, -0.05) is 60.2 Å². The Morgan fingerprint density at radius 3 is 2.36 bits per heavy atom. The van der Waals surface area contributed by atoms with Crippen LogP contribution in [0.1, 0.15) is 22.3 Å². The van der Waals surface area contributed by atoms with E-state index in [4.69, 9.17) is 4.74 Å². The van der Waals surface area contributed by atoms with Gasteiger partial charge in [-0.3, -0.25) is 14.5 Å². The summed E-state index contributed by atoms with van der Waals surface area (Å²) in [6.45, 7) is 5.53. The molecule has 2 bridgehead atoms. The van der Waals surface area contributed by atoms with Gasteiger partial charge in [-0.2, -0.15) is 0 Å². The predicted octanol–water partition coefficient (Wildman–Crippen LogP) is 2.40. The van der Waals surface area contributed by atoms with Crippen LogP contribution in [-0.2, 0) is 30.9 Å². The van der Waals surface area contributed by atoms with Crippen molar-refractivity contribution in [2.75, 3.05) is 6.54 Å². The second kappa shape index (κ2) is 7.62. The largest absolute Gasteiger partial charge is 0.361 e. The zero-order chi connectivity index (χ0) is 23.5. The molecule has 1 N–H and O–H groups in total. The molecule has 3 aliphatic rings. The lowest BCUT2D eigenvalue weighted by molar-refractivity contribution is -0.144. The smallest absolute Gasteiger partial charge is 0.241 e. The average molecular weight is 467 g/mol. The number of hydrogen-bond acceptors (Lipinski definition) is 5. The summed E-state index contributed by atoms with van der Waals surface area (Å²) in [5.41, 5.74) is 1.99. The standard InChI is InChI=1S/C25H26N2O5S/c1-15-11-16(2)22(17(3)12-15)33(30,31)26-14-25-10-9-19(32-25)20-21(25)24(29)27(23(20)28)13-18-7-5-4-6-8-18/h4-12,19-21,26H,13-14H2,1-3H3/t19-,20-,21+,25+/m1/s1. The summed E-state index contributed by atoms with van der Waals surface area (Å²) in [6, 6.07) is 13.0. The minimum atomic E-state index is -3.85. The van der Waals surface area contributed by atoms with Gasteiger partial charge in [0, 0.05) is 6.54 Å². The summed E-state index contributed by atoms with van der Waals surface area (Å²) in [5, 5.41) is 0. The van der Waals surface area contributed by atoms with Crippen LogP contribution in [0.25, 0.3) is 0 Å². The first-order valence-electron chi connectivity index (χ1n) is 11.0. The fourth-order valence-corrected chi connectivity index (χ4v) is 7.08. The van der Waals surface area contributed by atoms with Gasteiger partial charge >= 0.3 is 0 Å². The van der Waals surface area contributed by atoms with Gasteiger partial charge in [-0.05, 0) is 37.5 Å². The number of rotatable bonds is 6. The summed E-state index contributed by atoms with van der Waals surface area (Å²) in [6.07, 6.45) is 2.99. The Bertz CT molecular complexity index is 1260. The number of amides is 2. The second-order valence-electron chi connectivity index (χ2n) is 9.20. The molecule has 2 aromatic carbocycles. The maximum Gasteiger partial charge on any atom is 0.241 e. The van der Waals surface area contributed by atoms with Gasteiger partial charge in [0.1, 0.15) is 5.60 Å². The lowest BCUT2D eigenvalue weighted by Gasteiger charge is -2.29. The number of ether oxygens (including phenoxy) is 1. The molecule has 2 aromatic rings. The van der Waals surface area contributed by atoms with E-state index in [0.29, 0.717) is 11.1 Å². The number of nitrogens with one attached hydrogen (secondary N) is 1. The van der Waals surface area contributed by atoms with E-state index in [1.54, 1.807) is 26.0 Å². The molecule has 33 heavy (non-hydrogen) atoms. The molecule has 0 saturated carbocycles. The average Bonchev–Trinajstić information content (AvgIpc) is 3.39. The molecule has 0 spiro atoms. The van der Waals surface area contributed by atoms with Gasteiger partial charge in [0.05, 0.1) is 29.4 Å². The highest BCUT2D eigenvalue weighted by molar-refractivity contribution is 7.89. The van der Waals surface area contributed by atoms with E-state index >= 15 is 0 Å². The lowest BCUT2D eigenvalue weighted by atomic mass is 9.77. The Hall–Kier alpha value is -2.81. The topological polar surface area (TPSA) is 92.8 Å². The SMILES string of the molecule is Cc1cc(C)c(S(=O)(=O)NC[C@]23C=C[C@@H](O2)[C@H]2C(=O)N(Cc4ccccc4)C(=O)[C@H]23)c(C)c1. The molecule has 0 radical (unpaired) electrons. The highest BCUT2D eigenvalue weighted by atomic mass is 32.2. The predicted molar refractivity (Wildman–Crippen MR) is 122 cm³/mol. The molecule has 3 heterocycles. The van der Waals surface area contributed by atoms with Gasteiger partial charge in [0.2, 0.25) is 21.8 Å². The van der Waals surface area contributed by atoms with Crippen molar-refractivity contribution in [2.24, 2.45) is 11.8 Å². The zero-order valence-electron chi connectivity index (χ0n) is 18.7. The lowest BCUT2D eigenvalue weighted by Crippen LogP contribution is -2.48. The van der Waals surface area contributed by atoms with Gasteiger partial charge in [-0.25, -0.2) is 13.1 Å². The normalized spacial score (nSPS) is 28.1. The number of carbonyl (C=O) groups excluding carboxylic acids is 2. The van der Waals surface area contributed by atoms with E-state index in [2.05, 4.69) is 4.72 Å². The molecular weight excluding hydrogens is 440 g/mol. The van der Waals surface area contributed by atoms with Crippen LogP contribution in [0.2, 0.25) is 0 Å². The molecule has 2 saturated heterocycles. The summed E-state index contributed by atoms with van der Waals surface area (Å²) in [4.78, 5) is 28.0. The van der Waals surface area contributed by atoms with Crippen molar-refractivity contribution < 1.29 is 22.7 Å². The molecule has 0 aliphatic carbocycles.